The lowest BCUT2D eigenvalue weighted by Crippen LogP contribution is -2.05. The third-order valence-electron chi connectivity index (χ3n) is 1.91. The first-order valence-electron chi connectivity index (χ1n) is 4.82. The Morgan fingerprint density at radius 2 is 2.14 bits per heavy atom. The van der Waals surface area contributed by atoms with Gasteiger partial charge in [0.15, 0.2) is 5.16 Å². The summed E-state index contributed by atoms with van der Waals surface area (Å²) in [7, 11) is 0. The van der Waals surface area contributed by atoms with Gasteiger partial charge in [0, 0.05) is 23.5 Å². The van der Waals surface area contributed by atoms with Crippen LogP contribution in [0.2, 0.25) is 0 Å². The van der Waals surface area contributed by atoms with Crippen molar-refractivity contribution >= 4 is 27.7 Å². The predicted molar refractivity (Wildman–Crippen MR) is 64.9 cm³/mol. The topological polar surface area (TPSA) is 25.8 Å². The van der Waals surface area contributed by atoms with Gasteiger partial charge in [-0.05, 0) is 18.4 Å². The number of nitrogens with zero attached hydrogens (tertiary/aromatic N) is 2. The van der Waals surface area contributed by atoms with E-state index < -0.39 is 0 Å². The molecule has 1 atom stereocenters. The van der Waals surface area contributed by atoms with Gasteiger partial charge < -0.3 is 0 Å². The van der Waals surface area contributed by atoms with Gasteiger partial charge in [-0.2, -0.15) is 0 Å². The fraction of sp³-hybridized carbons (Fsp3) is 0.600. The van der Waals surface area contributed by atoms with E-state index in [1.807, 2.05) is 6.07 Å². The molecular weight excluding hydrogens is 260 g/mol. The summed E-state index contributed by atoms with van der Waals surface area (Å²) in [5.74, 6) is 1.83. The molecule has 0 fully saturated rings. The molecule has 0 saturated carbocycles. The van der Waals surface area contributed by atoms with Gasteiger partial charge in [0.05, 0.1) is 0 Å². The molecule has 1 unspecified atom stereocenters. The van der Waals surface area contributed by atoms with Crippen molar-refractivity contribution in [3.8, 4) is 0 Å². The van der Waals surface area contributed by atoms with Crippen LogP contribution in [0.1, 0.15) is 19.8 Å². The molecule has 2 nitrogen and oxygen atoms in total. The zero-order chi connectivity index (χ0) is 10.2. The number of halogens is 1. The largest absolute Gasteiger partial charge is 0.231 e. The molecule has 0 aromatic carbocycles. The number of hydrogen-bond donors (Lipinski definition) is 0. The molecule has 1 aromatic heterocycles. The number of hydrogen-bond acceptors (Lipinski definition) is 3. The molecule has 1 rings (SSSR count). The number of thioether (sulfide) groups is 1. The monoisotopic (exact) mass is 274 g/mol. The van der Waals surface area contributed by atoms with Gasteiger partial charge in [0.2, 0.25) is 0 Å². The predicted octanol–water partition coefficient (Wildman–Crippen LogP) is 3.38. The van der Waals surface area contributed by atoms with Crippen LogP contribution in [0.5, 0.6) is 0 Å². The summed E-state index contributed by atoms with van der Waals surface area (Å²) in [6.07, 6.45) is 6.09. The molecule has 14 heavy (non-hydrogen) atoms. The average molecular weight is 275 g/mol. The lowest BCUT2D eigenvalue weighted by molar-refractivity contribution is 0.597. The van der Waals surface area contributed by atoms with Gasteiger partial charge in [0.25, 0.3) is 0 Å². The fourth-order valence-electron chi connectivity index (χ4n) is 1.17. The van der Waals surface area contributed by atoms with Gasteiger partial charge in [-0.3, -0.25) is 0 Å². The molecule has 1 aromatic rings. The van der Waals surface area contributed by atoms with Crippen LogP contribution >= 0.6 is 27.7 Å². The minimum Gasteiger partial charge on any atom is -0.231 e. The van der Waals surface area contributed by atoms with E-state index in [9.17, 15) is 0 Å². The molecule has 78 valence electrons. The van der Waals surface area contributed by atoms with Crippen molar-refractivity contribution in [1.29, 1.82) is 0 Å². The molecule has 0 bridgehead atoms. The number of alkyl halides is 1. The van der Waals surface area contributed by atoms with Crippen LogP contribution in [0.25, 0.3) is 0 Å². The highest BCUT2D eigenvalue weighted by molar-refractivity contribution is 9.09. The van der Waals surface area contributed by atoms with E-state index in [0.717, 1.165) is 22.2 Å². The Morgan fingerprint density at radius 3 is 2.71 bits per heavy atom. The Kier molecular flexibility index (Phi) is 6.19. The molecule has 0 radical (unpaired) electrons. The number of rotatable bonds is 6. The summed E-state index contributed by atoms with van der Waals surface area (Å²) in [4.78, 5) is 8.36. The van der Waals surface area contributed by atoms with Crippen molar-refractivity contribution in [2.24, 2.45) is 5.92 Å². The highest BCUT2D eigenvalue weighted by Gasteiger charge is 2.07. The molecule has 0 aliphatic rings. The molecule has 0 spiro atoms. The van der Waals surface area contributed by atoms with Gasteiger partial charge in [-0.25, -0.2) is 9.97 Å². The van der Waals surface area contributed by atoms with Gasteiger partial charge in [-0.15, -0.1) is 0 Å². The zero-order valence-corrected chi connectivity index (χ0v) is 10.7. The van der Waals surface area contributed by atoms with Crippen molar-refractivity contribution in [3.63, 3.8) is 0 Å². The van der Waals surface area contributed by atoms with E-state index in [0.29, 0.717) is 0 Å². The van der Waals surface area contributed by atoms with Crippen molar-refractivity contribution in [3.05, 3.63) is 18.5 Å². The van der Waals surface area contributed by atoms with Gasteiger partial charge in [-0.1, -0.05) is 41.0 Å². The Balaban J connectivity index is 2.32. The quantitative estimate of drug-likeness (QED) is 0.452. The van der Waals surface area contributed by atoms with Gasteiger partial charge in [0.1, 0.15) is 0 Å². The second kappa shape index (κ2) is 7.23. The number of aromatic nitrogens is 2. The summed E-state index contributed by atoms with van der Waals surface area (Å²) in [5, 5.41) is 1.95. The Labute approximate surface area is 98.1 Å². The van der Waals surface area contributed by atoms with Crippen LogP contribution in [-0.2, 0) is 0 Å². The first kappa shape index (κ1) is 12.0. The highest BCUT2D eigenvalue weighted by Crippen LogP contribution is 2.20. The van der Waals surface area contributed by atoms with Gasteiger partial charge >= 0.3 is 0 Å². The first-order valence-corrected chi connectivity index (χ1v) is 6.93. The smallest absolute Gasteiger partial charge is 0.187 e. The Bertz CT molecular complexity index is 243. The molecule has 0 aliphatic heterocycles. The van der Waals surface area contributed by atoms with Crippen LogP contribution in [-0.4, -0.2) is 21.1 Å². The standard InChI is InChI=1S/C10H15BrN2S/c1-2-4-9(7-11)8-14-10-12-5-3-6-13-10/h3,5-6,9H,2,4,7-8H2,1H3. The molecule has 4 heteroatoms. The van der Waals surface area contributed by atoms with E-state index in [-0.39, 0.29) is 0 Å². The zero-order valence-electron chi connectivity index (χ0n) is 8.32. The lowest BCUT2D eigenvalue weighted by Gasteiger charge is -2.10. The normalized spacial score (nSPS) is 12.7. The average Bonchev–Trinajstić information content (AvgIpc) is 2.25. The summed E-state index contributed by atoms with van der Waals surface area (Å²) in [6, 6.07) is 1.85. The Hall–Kier alpha value is -0.0900. The highest BCUT2D eigenvalue weighted by atomic mass is 79.9. The SMILES string of the molecule is CCCC(CBr)CSc1ncccn1. The van der Waals surface area contributed by atoms with Crippen LogP contribution in [0.3, 0.4) is 0 Å². The summed E-state index contributed by atoms with van der Waals surface area (Å²) >= 11 is 5.28. The third kappa shape index (κ3) is 4.42. The Morgan fingerprint density at radius 1 is 1.43 bits per heavy atom. The summed E-state index contributed by atoms with van der Waals surface area (Å²) in [6.45, 7) is 2.22. The molecule has 1 heterocycles. The maximum atomic E-state index is 4.18. The van der Waals surface area contributed by atoms with E-state index in [1.165, 1.54) is 12.8 Å². The summed E-state index contributed by atoms with van der Waals surface area (Å²) < 4.78 is 0. The first-order chi connectivity index (χ1) is 6.86. The maximum absolute atomic E-state index is 4.18. The molecule has 0 saturated heterocycles. The molecular formula is C10H15BrN2S. The lowest BCUT2D eigenvalue weighted by atomic mass is 10.1. The van der Waals surface area contributed by atoms with Crippen molar-refractivity contribution in [1.82, 2.24) is 9.97 Å². The van der Waals surface area contributed by atoms with E-state index in [4.69, 9.17) is 0 Å². The minimum atomic E-state index is 0.730. The second-order valence-corrected chi connectivity index (χ2v) is 4.79. The van der Waals surface area contributed by atoms with Crippen molar-refractivity contribution in [2.45, 2.75) is 24.9 Å². The minimum absolute atomic E-state index is 0.730. The van der Waals surface area contributed by atoms with E-state index in [1.54, 1.807) is 24.2 Å². The molecule has 0 aliphatic carbocycles. The van der Waals surface area contributed by atoms with Crippen LogP contribution in [0, 0.1) is 5.92 Å². The van der Waals surface area contributed by atoms with Crippen LogP contribution < -0.4 is 0 Å². The summed E-state index contributed by atoms with van der Waals surface area (Å²) in [5.41, 5.74) is 0. The van der Waals surface area contributed by atoms with E-state index in [2.05, 4.69) is 32.8 Å². The third-order valence-corrected chi connectivity index (χ3v) is 3.93. The van der Waals surface area contributed by atoms with E-state index >= 15 is 0 Å². The van der Waals surface area contributed by atoms with Crippen molar-refractivity contribution in [2.75, 3.05) is 11.1 Å². The molecule has 0 amide bonds. The second-order valence-electron chi connectivity index (χ2n) is 3.15. The van der Waals surface area contributed by atoms with Crippen molar-refractivity contribution < 1.29 is 0 Å². The maximum Gasteiger partial charge on any atom is 0.187 e. The van der Waals surface area contributed by atoms with Crippen LogP contribution in [0.4, 0.5) is 0 Å². The van der Waals surface area contributed by atoms with Crippen LogP contribution in [0.15, 0.2) is 23.6 Å². The molecule has 0 N–H and O–H groups in total. The fourth-order valence-corrected chi connectivity index (χ4v) is 2.96.